The van der Waals surface area contributed by atoms with E-state index >= 15 is 0 Å². The molecule has 0 aliphatic carbocycles. The summed E-state index contributed by atoms with van der Waals surface area (Å²) in [5.74, 6) is -1.35. The van der Waals surface area contributed by atoms with Crippen LogP contribution in [-0.2, 0) is 9.53 Å². The molecule has 1 aliphatic rings. The van der Waals surface area contributed by atoms with Crippen LogP contribution < -0.4 is 5.32 Å². The van der Waals surface area contributed by atoms with Crippen LogP contribution in [0.2, 0.25) is 0 Å². The highest BCUT2D eigenvalue weighted by atomic mass is 19.4. The Balaban J connectivity index is 2.47. The van der Waals surface area contributed by atoms with Crippen molar-refractivity contribution in [2.45, 2.75) is 19.0 Å². The molecule has 20 heavy (non-hydrogen) atoms. The fourth-order valence-corrected chi connectivity index (χ4v) is 1.87. The van der Waals surface area contributed by atoms with Gasteiger partial charge in [0, 0.05) is 19.8 Å². The average Bonchev–Trinajstić information content (AvgIpc) is 2.34. The molecule has 1 heterocycles. The molecule has 0 saturated carbocycles. The summed E-state index contributed by atoms with van der Waals surface area (Å²) in [6, 6.07) is -1.02. The summed E-state index contributed by atoms with van der Waals surface area (Å²) in [6.07, 6.45) is -3.19. The molecule has 0 bridgehead atoms. The van der Waals surface area contributed by atoms with E-state index in [1.54, 1.807) is 0 Å². The number of aliphatic carboxylic acids is 1. The molecular weight excluding hydrogens is 281 g/mol. The van der Waals surface area contributed by atoms with Gasteiger partial charge in [-0.1, -0.05) is 0 Å². The lowest BCUT2D eigenvalue weighted by atomic mass is 10.0. The maximum absolute atomic E-state index is 12.3. The summed E-state index contributed by atoms with van der Waals surface area (Å²) < 4.78 is 42.0. The highest BCUT2D eigenvalue weighted by Crippen LogP contribution is 2.17. The first-order valence-electron chi connectivity index (χ1n) is 6.17. The zero-order valence-corrected chi connectivity index (χ0v) is 10.8. The molecule has 6 nitrogen and oxygen atoms in total. The lowest BCUT2D eigenvalue weighted by molar-refractivity contribution is -0.148. The monoisotopic (exact) mass is 298 g/mol. The molecule has 116 valence electrons. The number of rotatable bonds is 5. The lowest BCUT2D eigenvalue weighted by Crippen LogP contribution is -2.48. The zero-order valence-electron chi connectivity index (χ0n) is 10.8. The van der Waals surface area contributed by atoms with E-state index in [4.69, 9.17) is 9.84 Å². The Hall–Kier alpha value is -1.51. The van der Waals surface area contributed by atoms with Crippen molar-refractivity contribution >= 4 is 12.0 Å². The lowest BCUT2D eigenvalue weighted by Gasteiger charge is -2.26. The van der Waals surface area contributed by atoms with Gasteiger partial charge in [-0.05, 0) is 18.8 Å². The number of urea groups is 1. The summed E-state index contributed by atoms with van der Waals surface area (Å²) in [5.41, 5.74) is 0. The molecule has 0 spiro atoms. The van der Waals surface area contributed by atoms with Crippen LogP contribution in [0.1, 0.15) is 12.8 Å². The van der Waals surface area contributed by atoms with Gasteiger partial charge in [0.1, 0.15) is 13.1 Å². The average molecular weight is 298 g/mol. The second-order valence-electron chi connectivity index (χ2n) is 4.61. The number of ether oxygens (including phenoxy) is 1. The van der Waals surface area contributed by atoms with Crippen molar-refractivity contribution in [2.24, 2.45) is 5.92 Å². The minimum atomic E-state index is -4.63. The van der Waals surface area contributed by atoms with Gasteiger partial charge in [0.15, 0.2) is 0 Å². The predicted molar refractivity (Wildman–Crippen MR) is 62.2 cm³/mol. The third kappa shape index (κ3) is 6.60. The summed E-state index contributed by atoms with van der Waals surface area (Å²) in [5, 5.41) is 10.9. The minimum absolute atomic E-state index is 0.144. The number of alkyl halides is 3. The van der Waals surface area contributed by atoms with Crippen LogP contribution in [-0.4, -0.2) is 61.0 Å². The number of carbonyl (C=O) groups is 2. The normalized spacial score (nSPS) is 16.8. The standard InChI is InChI=1S/C11H17F3N2O4/c12-11(13,14)7-16(6-9(17)18)10(19)15-5-8-1-3-20-4-2-8/h8H,1-7H2,(H,15,19)(H,17,18). The minimum Gasteiger partial charge on any atom is -0.480 e. The third-order valence-electron chi connectivity index (χ3n) is 2.87. The van der Waals surface area contributed by atoms with Crippen molar-refractivity contribution in [1.82, 2.24) is 10.2 Å². The van der Waals surface area contributed by atoms with E-state index in [-0.39, 0.29) is 17.4 Å². The van der Waals surface area contributed by atoms with E-state index in [9.17, 15) is 22.8 Å². The van der Waals surface area contributed by atoms with Crippen LogP contribution in [0.3, 0.4) is 0 Å². The largest absolute Gasteiger partial charge is 0.480 e. The molecule has 0 aromatic rings. The molecule has 1 fully saturated rings. The van der Waals surface area contributed by atoms with Crippen LogP contribution in [0.25, 0.3) is 0 Å². The molecule has 1 aliphatic heterocycles. The van der Waals surface area contributed by atoms with E-state index in [1.165, 1.54) is 0 Å². The van der Waals surface area contributed by atoms with Crippen molar-refractivity contribution in [1.29, 1.82) is 0 Å². The number of hydrogen-bond acceptors (Lipinski definition) is 3. The maximum Gasteiger partial charge on any atom is 0.406 e. The van der Waals surface area contributed by atoms with Crippen molar-refractivity contribution in [3.63, 3.8) is 0 Å². The smallest absolute Gasteiger partial charge is 0.406 e. The number of amides is 2. The first-order valence-corrected chi connectivity index (χ1v) is 6.17. The molecule has 2 N–H and O–H groups in total. The van der Waals surface area contributed by atoms with Crippen LogP contribution in [0.15, 0.2) is 0 Å². The van der Waals surface area contributed by atoms with Gasteiger partial charge in [0.25, 0.3) is 0 Å². The van der Waals surface area contributed by atoms with Gasteiger partial charge in [0.2, 0.25) is 0 Å². The number of nitrogens with zero attached hydrogens (tertiary/aromatic N) is 1. The van der Waals surface area contributed by atoms with Crippen LogP contribution in [0, 0.1) is 5.92 Å². The second-order valence-corrected chi connectivity index (χ2v) is 4.61. The molecule has 1 rings (SSSR count). The summed E-state index contributed by atoms with van der Waals surface area (Å²) >= 11 is 0. The van der Waals surface area contributed by atoms with Crippen LogP contribution in [0.4, 0.5) is 18.0 Å². The van der Waals surface area contributed by atoms with Crippen LogP contribution >= 0.6 is 0 Å². The molecule has 0 aromatic carbocycles. The Kier molecular flexibility index (Phi) is 6.05. The molecular formula is C11H17F3N2O4. The van der Waals surface area contributed by atoms with Gasteiger partial charge in [-0.15, -0.1) is 0 Å². The van der Waals surface area contributed by atoms with Crippen LogP contribution in [0.5, 0.6) is 0 Å². The van der Waals surface area contributed by atoms with Gasteiger partial charge >= 0.3 is 18.2 Å². The SMILES string of the molecule is O=C(O)CN(CC(F)(F)F)C(=O)NCC1CCOCC1. The van der Waals surface area contributed by atoms with E-state index in [0.717, 1.165) is 12.8 Å². The van der Waals surface area contributed by atoms with Crippen molar-refractivity contribution in [3.05, 3.63) is 0 Å². The van der Waals surface area contributed by atoms with Gasteiger partial charge in [-0.25, -0.2) is 4.79 Å². The van der Waals surface area contributed by atoms with Crippen molar-refractivity contribution in [3.8, 4) is 0 Å². The van der Waals surface area contributed by atoms with Gasteiger partial charge < -0.3 is 20.1 Å². The van der Waals surface area contributed by atoms with Crippen molar-refractivity contribution in [2.75, 3.05) is 32.8 Å². The first-order chi connectivity index (χ1) is 9.28. The van der Waals surface area contributed by atoms with Crippen molar-refractivity contribution < 1.29 is 32.6 Å². The number of carboxylic acid groups (broad SMARTS) is 1. The highest BCUT2D eigenvalue weighted by molar-refractivity contribution is 5.80. The van der Waals surface area contributed by atoms with E-state index in [1.807, 2.05) is 0 Å². The highest BCUT2D eigenvalue weighted by Gasteiger charge is 2.34. The summed E-state index contributed by atoms with van der Waals surface area (Å²) in [7, 11) is 0. The zero-order chi connectivity index (χ0) is 15.2. The molecule has 0 radical (unpaired) electrons. The second kappa shape index (κ2) is 7.32. The van der Waals surface area contributed by atoms with E-state index in [2.05, 4.69) is 5.32 Å². The fraction of sp³-hybridized carbons (Fsp3) is 0.818. The van der Waals surface area contributed by atoms with E-state index in [0.29, 0.717) is 13.2 Å². The quantitative estimate of drug-likeness (QED) is 0.796. The van der Waals surface area contributed by atoms with Gasteiger partial charge in [0.05, 0.1) is 0 Å². The number of nitrogens with one attached hydrogen (secondary N) is 1. The number of halogens is 3. The Morgan fingerprint density at radius 2 is 1.90 bits per heavy atom. The fourth-order valence-electron chi connectivity index (χ4n) is 1.87. The predicted octanol–water partition coefficient (Wildman–Crippen LogP) is 1.07. The molecule has 2 amide bonds. The number of hydrogen-bond donors (Lipinski definition) is 2. The Labute approximate surface area is 113 Å². The van der Waals surface area contributed by atoms with E-state index < -0.39 is 31.3 Å². The summed E-state index contributed by atoms with van der Waals surface area (Å²) in [6.45, 7) is -1.24. The van der Waals surface area contributed by atoms with Gasteiger partial charge in [-0.3, -0.25) is 4.79 Å². The topological polar surface area (TPSA) is 78.9 Å². The molecule has 0 atom stereocenters. The molecule has 0 unspecified atom stereocenters. The summed E-state index contributed by atoms with van der Waals surface area (Å²) in [4.78, 5) is 22.4. The Bertz CT molecular complexity index is 343. The first kappa shape index (κ1) is 16.5. The molecule has 0 aromatic heterocycles. The Morgan fingerprint density at radius 1 is 1.30 bits per heavy atom. The maximum atomic E-state index is 12.3. The third-order valence-corrected chi connectivity index (χ3v) is 2.87. The molecule has 9 heteroatoms. The Morgan fingerprint density at radius 3 is 2.40 bits per heavy atom. The number of carboxylic acids is 1. The molecule has 1 saturated heterocycles. The number of carbonyl (C=O) groups excluding carboxylic acids is 1. The van der Waals surface area contributed by atoms with Gasteiger partial charge in [-0.2, -0.15) is 13.2 Å².